The number of carboxylic acid groups (broad SMARTS) is 1. The van der Waals surface area contributed by atoms with Crippen LogP contribution in [0.25, 0.3) is 11.1 Å². The molecule has 2 aromatic rings. The molecule has 2 aromatic carbocycles. The molecule has 0 unspecified atom stereocenters. The number of rotatable bonds is 4. The van der Waals surface area contributed by atoms with Crippen molar-refractivity contribution in [2.45, 2.75) is 5.92 Å². The first-order chi connectivity index (χ1) is 11.2. The number of ether oxygens (including phenoxy) is 1. The second-order valence-corrected chi connectivity index (χ2v) is 5.10. The van der Waals surface area contributed by atoms with Crippen molar-refractivity contribution in [1.29, 1.82) is 0 Å². The minimum absolute atomic E-state index is 0.0546. The SMILES string of the molecule is O=C(O)CN=NC(=O)OCC1c2ccccc2-c2ccccc21. The molecule has 1 amide bonds. The molecular formula is C17H14N2O4. The average Bonchev–Trinajstić information content (AvgIpc) is 2.87. The van der Waals surface area contributed by atoms with Gasteiger partial charge >= 0.3 is 12.1 Å². The Balaban J connectivity index is 1.75. The molecule has 0 bridgehead atoms. The van der Waals surface area contributed by atoms with E-state index in [1.54, 1.807) is 0 Å². The van der Waals surface area contributed by atoms with E-state index in [1.807, 2.05) is 48.5 Å². The standard InChI is InChI=1S/C17H14N2O4/c20-16(21)9-18-19-17(22)23-10-15-13-7-3-1-5-11(13)12-6-2-4-8-14(12)15/h1-8,15H,9-10H2,(H,20,21). The van der Waals surface area contributed by atoms with Gasteiger partial charge in [-0.1, -0.05) is 53.6 Å². The molecule has 1 aliphatic rings. The van der Waals surface area contributed by atoms with Crippen molar-refractivity contribution < 1.29 is 19.4 Å². The van der Waals surface area contributed by atoms with Gasteiger partial charge in [0.25, 0.3) is 0 Å². The van der Waals surface area contributed by atoms with Crippen LogP contribution in [-0.2, 0) is 9.53 Å². The van der Waals surface area contributed by atoms with Gasteiger partial charge in [0.05, 0.1) is 0 Å². The van der Waals surface area contributed by atoms with Gasteiger partial charge in [0.2, 0.25) is 0 Å². The van der Waals surface area contributed by atoms with Gasteiger partial charge in [-0.2, -0.15) is 5.11 Å². The summed E-state index contributed by atoms with van der Waals surface area (Å²) < 4.78 is 5.13. The highest BCUT2D eigenvalue weighted by Crippen LogP contribution is 2.44. The molecule has 0 saturated carbocycles. The number of carbonyl (C=O) groups excluding carboxylic acids is 1. The van der Waals surface area contributed by atoms with E-state index >= 15 is 0 Å². The molecule has 6 heteroatoms. The van der Waals surface area contributed by atoms with E-state index in [0.29, 0.717) is 0 Å². The fraction of sp³-hybridized carbons (Fsp3) is 0.176. The molecule has 0 aromatic heterocycles. The van der Waals surface area contributed by atoms with Crippen LogP contribution in [0.3, 0.4) is 0 Å². The Labute approximate surface area is 132 Å². The van der Waals surface area contributed by atoms with E-state index < -0.39 is 18.6 Å². The third-order valence-electron chi connectivity index (χ3n) is 3.69. The lowest BCUT2D eigenvalue weighted by molar-refractivity contribution is -0.135. The second-order valence-electron chi connectivity index (χ2n) is 5.10. The quantitative estimate of drug-likeness (QED) is 0.876. The second kappa shape index (κ2) is 6.39. The van der Waals surface area contributed by atoms with Crippen LogP contribution in [0.4, 0.5) is 4.79 Å². The summed E-state index contributed by atoms with van der Waals surface area (Å²) in [5, 5.41) is 14.9. The number of benzene rings is 2. The summed E-state index contributed by atoms with van der Waals surface area (Å²) in [4.78, 5) is 21.8. The molecule has 0 atom stereocenters. The average molecular weight is 310 g/mol. The van der Waals surface area contributed by atoms with E-state index in [9.17, 15) is 9.59 Å². The zero-order chi connectivity index (χ0) is 16.2. The maximum absolute atomic E-state index is 11.5. The molecule has 0 aliphatic heterocycles. The molecule has 6 nitrogen and oxygen atoms in total. The van der Waals surface area contributed by atoms with Crippen LogP contribution in [-0.4, -0.2) is 30.3 Å². The highest BCUT2D eigenvalue weighted by molar-refractivity contribution is 5.79. The number of nitrogens with zero attached hydrogens (tertiary/aromatic N) is 2. The summed E-state index contributed by atoms with van der Waals surface area (Å²) in [6.45, 7) is -0.414. The molecule has 0 spiro atoms. The van der Waals surface area contributed by atoms with Crippen LogP contribution < -0.4 is 0 Å². The number of azo groups is 1. The molecule has 116 valence electrons. The lowest BCUT2D eigenvalue weighted by atomic mass is 9.98. The van der Waals surface area contributed by atoms with Crippen molar-refractivity contribution in [1.82, 2.24) is 0 Å². The molecule has 3 rings (SSSR count). The summed E-state index contributed by atoms with van der Waals surface area (Å²) in [5.41, 5.74) is 4.47. The summed E-state index contributed by atoms with van der Waals surface area (Å²) in [5.74, 6) is -1.21. The topological polar surface area (TPSA) is 88.3 Å². The molecule has 23 heavy (non-hydrogen) atoms. The molecular weight excluding hydrogens is 296 g/mol. The first-order valence-corrected chi connectivity index (χ1v) is 7.11. The summed E-state index contributed by atoms with van der Waals surface area (Å²) in [6, 6.07) is 16.0. The van der Waals surface area contributed by atoms with Crippen LogP contribution in [0.15, 0.2) is 58.8 Å². The maximum Gasteiger partial charge on any atom is 0.452 e. The van der Waals surface area contributed by atoms with Crippen LogP contribution in [0.2, 0.25) is 0 Å². The zero-order valence-corrected chi connectivity index (χ0v) is 12.2. The molecule has 1 aliphatic carbocycles. The smallest absolute Gasteiger partial charge is 0.452 e. The van der Waals surface area contributed by atoms with E-state index in [-0.39, 0.29) is 12.5 Å². The summed E-state index contributed by atoms with van der Waals surface area (Å²) >= 11 is 0. The number of hydrogen-bond donors (Lipinski definition) is 1. The first kappa shape index (κ1) is 14.9. The maximum atomic E-state index is 11.5. The lowest BCUT2D eigenvalue weighted by Crippen LogP contribution is -2.10. The lowest BCUT2D eigenvalue weighted by Gasteiger charge is -2.12. The summed E-state index contributed by atoms with van der Waals surface area (Å²) in [7, 11) is 0. The van der Waals surface area contributed by atoms with Crippen molar-refractivity contribution in [2.24, 2.45) is 10.2 Å². The predicted octanol–water partition coefficient (Wildman–Crippen LogP) is 3.47. The number of amides is 1. The monoisotopic (exact) mass is 310 g/mol. The van der Waals surface area contributed by atoms with Gasteiger partial charge in [-0.25, -0.2) is 4.79 Å². The number of fused-ring (bicyclic) bond motifs is 3. The number of aliphatic carboxylic acids is 1. The zero-order valence-electron chi connectivity index (χ0n) is 12.2. The fourth-order valence-corrected chi connectivity index (χ4v) is 2.78. The number of carbonyl (C=O) groups is 2. The van der Waals surface area contributed by atoms with Crippen molar-refractivity contribution >= 4 is 12.1 Å². The van der Waals surface area contributed by atoms with Crippen molar-refractivity contribution in [2.75, 3.05) is 13.2 Å². The minimum atomic E-state index is -1.15. The summed E-state index contributed by atoms with van der Waals surface area (Å²) in [6.07, 6.45) is -0.881. The van der Waals surface area contributed by atoms with Crippen LogP contribution in [0, 0.1) is 0 Å². The van der Waals surface area contributed by atoms with Gasteiger partial charge in [-0.15, -0.1) is 0 Å². The first-order valence-electron chi connectivity index (χ1n) is 7.11. The van der Waals surface area contributed by atoms with Gasteiger partial charge in [0.15, 0.2) is 6.54 Å². The van der Waals surface area contributed by atoms with Crippen molar-refractivity contribution in [3.63, 3.8) is 0 Å². The molecule has 0 heterocycles. The van der Waals surface area contributed by atoms with Crippen LogP contribution in [0.1, 0.15) is 17.0 Å². The van der Waals surface area contributed by atoms with Crippen LogP contribution in [0.5, 0.6) is 0 Å². The highest BCUT2D eigenvalue weighted by atomic mass is 16.5. The van der Waals surface area contributed by atoms with E-state index in [1.165, 1.54) is 0 Å². The molecule has 0 fully saturated rings. The molecule has 1 N–H and O–H groups in total. The van der Waals surface area contributed by atoms with Crippen molar-refractivity contribution in [3.8, 4) is 11.1 Å². The van der Waals surface area contributed by atoms with Crippen molar-refractivity contribution in [3.05, 3.63) is 59.7 Å². The normalized spacial score (nSPS) is 12.9. The Hall–Kier alpha value is -3.02. The van der Waals surface area contributed by atoms with Gasteiger partial charge < -0.3 is 9.84 Å². The fourth-order valence-electron chi connectivity index (χ4n) is 2.78. The largest absolute Gasteiger partial charge is 0.480 e. The highest BCUT2D eigenvalue weighted by Gasteiger charge is 2.28. The van der Waals surface area contributed by atoms with Gasteiger partial charge in [-0.05, 0) is 22.3 Å². The predicted molar refractivity (Wildman–Crippen MR) is 82.4 cm³/mol. The number of carboxylic acids is 1. The number of hydrogen-bond acceptors (Lipinski definition) is 4. The third kappa shape index (κ3) is 3.11. The van der Waals surface area contributed by atoms with E-state index in [0.717, 1.165) is 22.3 Å². The van der Waals surface area contributed by atoms with Crippen LogP contribution >= 0.6 is 0 Å². The van der Waals surface area contributed by atoms with Gasteiger partial charge in [0.1, 0.15) is 6.61 Å². The third-order valence-corrected chi connectivity index (χ3v) is 3.69. The molecule has 0 saturated heterocycles. The Morgan fingerprint density at radius 3 is 2.13 bits per heavy atom. The van der Waals surface area contributed by atoms with Gasteiger partial charge in [0, 0.05) is 5.92 Å². The van der Waals surface area contributed by atoms with Gasteiger partial charge in [-0.3, -0.25) is 4.79 Å². The Bertz CT molecular complexity index is 740. The molecule has 0 radical (unpaired) electrons. The Kier molecular flexibility index (Phi) is 4.14. The minimum Gasteiger partial charge on any atom is -0.480 e. The van der Waals surface area contributed by atoms with E-state index in [4.69, 9.17) is 9.84 Å². The van der Waals surface area contributed by atoms with E-state index in [2.05, 4.69) is 10.2 Å². The Morgan fingerprint density at radius 1 is 1.00 bits per heavy atom. The Morgan fingerprint density at radius 2 is 1.57 bits per heavy atom.